The molecule has 1 fully saturated rings. The summed E-state index contributed by atoms with van der Waals surface area (Å²) in [6.45, 7) is 7.00. The van der Waals surface area contributed by atoms with E-state index >= 15 is 4.39 Å². The van der Waals surface area contributed by atoms with Crippen LogP contribution in [-0.4, -0.2) is 76.0 Å². The van der Waals surface area contributed by atoms with Crippen LogP contribution in [0.4, 0.5) is 29.3 Å². The standard InChI is InChI=1S/C36H37ClF3N7O4/c1-36(2,3)51-35(49)47-19-27(26-14-22(37)7-9-29(26)47)25-15-30(45(5)24-10-12-44(4)13-11-24)31(16-28(25)38)46(20-48)18-23-8-6-21(17-41-23)33-42-43-34(50-33)32(39)40/h6-9,14-17,19-20,24,32H,10-13,18H2,1-5H3. The number of rotatable bonds is 9. The molecule has 1 aliphatic heterocycles. The van der Waals surface area contributed by atoms with Crippen LogP contribution in [0.25, 0.3) is 33.5 Å². The number of piperidine rings is 1. The van der Waals surface area contributed by atoms with Crippen molar-refractivity contribution in [1.82, 2.24) is 24.6 Å². The van der Waals surface area contributed by atoms with Crippen LogP contribution in [0, 0.1) is 5.82 Å². The van der Waals surface area contributed by atoms with Crippen molar-refractivity contribution in [1.29, 1.82) is 0 Å². The Morgan fingerprint density at radius 1 is 1.10 bits per heavy atom. The summed E-state index contributed by atoms with van der Waals surface area (Å²) >= 11 is 6.40. The van der Waals surface area contributed by atoms with Crippen molar-refractivity contribution >= 4 is 46.4 Å². The number of hydrogen-bond acceptors (Lipinski definition) is 9. The van der Waals surface area contributed by atoms with Crippen LogP contribution in [0.1, 0.15) is 51.6 Å². The summed E-state index contributed by atoms with van der Waals surface area (Å²) in [7, 11) is 3.98. The number of carbonyl (C=O) groups excluding carboxylic acids is 2. The number of fused-ring (bicyclic) bond motifs is 1. The molecule has 0 bridgehead atoms. The summed E-state index contributed by atoms with van der Waals surface area (Å²) in [5.41, 5.74) is 2.01. The zero-order valence-corrected chi connectivity index (χ0v) is 29.5. The molecule has 15 heteroatoms. The zero-order valence-electron chi connectivity index (χ0n) is 28.7. The Kier molecular flexibility index (Phi) is 10.1. The van der Waals surface area contributed by atoms with Gasteiger partial charge in [-0.2, -0.15) is 8.78 Å². The number of amides is 1. The van der Waals surface area contributed by atoms with Gasteiger partial charge in [-0.3, -0.25) is 14.3 Å². The number of halogens is 4. The van der Waals surface area contributed by atoms with E-state index in [0.29, 0.717) is 50.5 Å². The molecule has 0 N–H and O–H groups in total. The summed E-state index contributed by atoms with van der Waals surface area (Å²) in [5.74, 6) is -1.55. The lowest BCUT2D eigenvalue weighted by Crippen LogP contribution is -2.42. The fourth-order valence-corrected chi connectivity index (χ4v) is 6.34. The largest absolute Gasteiger partial charge is 0.443 e. The van der Waals surface area contributed by atoms with E-state index in [0.717, 1.165) is 25.9 Å². The number of carbonyl (C=O) groups is 2. The molecule has 5 aromatic rings. The zero-order chi connectivity index (χ0) is 36.6. The third kappa shape index (κ3) is 7.71. The normalized spacial score (nSPS) is 14.3. The lowest BCUT2D eigenvalue weighted by molar-refractivity contribution is -0.107. The van der Waals surface area contributed by atoms with Gasteiger partial charge in [-0.25, -0.2) is 9.18 Å². The van der Waals surface area contributed by atoms with E-state index in [1.54, 1.807) is 63.4 Å². The van der Waals surface area contributed by atoms with Crippen LogP contribution in [0.5, 0.6) is 0 Å². The molecule has 3 aromatic heterocycles. The Balaban J connectivity index is 1.41. The molecule has 4 heterocycles. The van der Waals surface area contributed by atoms with Gasteiger partial charge in [0.2, 0.25) is 12.3 Å². The second-order valence-electron chi connectivity index (χ2n) is 13.5. The first-order valence-corrected chi connectivity index (χ1v) is 16.7. The highest BCUT2D eigenvalue weighted by Gasteiger charge is 2.28. The molecular formula is C36H37ClF3N7O4. The van der Waals surface area contributed by atoms with E-state index in [9.17, 15) is 18.4 Å². The number of benzene rings is 2. The Bertz CT molecular complexity index is 2050. The highest BCUT2D eigenvalue weighted by molar-refractivity contribution is 6.31. The highest BCUT2D eigenvalue weighted by atomic mass is 35.5. The van der Waals surface area contributed by atoms with Crippen molar-refractivity contribution < 1.29 is 31.9 Å². The quantitative estimate of drug-likeness (QED) is 0.140. The Morgan fingerprint density at radius 2 is 1.84 bits per heavy atom. The molecule has 0 saturated carbocycles. The van der Waals surface area contributed by atoms with Crippen LogP contribution in [-0.2, 0) is 16.1 Å². The van der Waals surface area contributed by atoms with E-state index in [-0.39, 0.29) is 24.0 Å². The molecule has 51 heavy (non-hydrogen) atoms. The minimum atomic E-state index is -2.91. The summed E-state index contributed by atoms with van der Waals surface area (Å²) in [4.78, 5) is 36.0. The van der Waals surface area contributed by atoms with Gasteiger partial charge >= 0.3 is 12.5 Å². The van der Waals surface area contributed by atoms with Gasteiger partial charge in [0.1, 0.15) is 11.4 Å². The van der Waals surface area contributed by atoms with Gasteiger partial charge in [0.05, 0.1) is 34.7 Å². The van der Waals surface area contributed by atoms with Gasteiger partial charge in [0, 0.05) is 53.1 Å². The lowest BCUT2D eigenvalue weighted by Gasteiger charge is -2.38. The lowest BCUT2D eigenvalue weighted by atomic mass is 9.99. The molecule has 1 saturated heterocycles. The first-order chi connectivity index (χ1) is 24.2. The fraction of sp³-hybridized carbons (Fsp3) is 0.361. The molecule has 0 radical (unpaired) electrons. The number of alkyl halides is 2. The van der Waals surface area contributed by atoms with Crippen LogP contribution >= 0.6 is 11.6 Å². The first kappa shape index (κ1) is 35.9. The predicted octanol–water partition coefficient (Wildman–Crippen LogP) is 7.96. The van der Waals surface area contributed by atoms with Crippen molar-refractivity contribution in [3.8, 4) is 22.6 Å². The summed E-state index contributed by atoms with van der Waals surface area (Å²) < 4.78 is 54.4. The third-order valence-corrected chi connectivity index (χ3v) is 9.03. The van der Waals surface area contributed by atoms with Crippen LogP contribution in [0.2, 0.25) is 5.02 Å². The SMILES string of the molecule is CN1CCC(N(C)c2cc(-c3cn(C(=O)OC(C)(C)C)c4ccc(Cl)cc34)c(F)cc2N(C=O)Cc2ccc(-c3nnc(C(F)F)o3)cn2)CC1. The number of hydrogen-bond donors (Lipinski definition) is 0. The van der Waals surface area contributed by atoms with Crippen LogP contribution in [0.3, 0.4) is 0 Å². The molecule has 268 valence electrons. The van der Waals surface area contributed by atoms with E-state index in [4.69, 9.17) is 20.8 Å². The van der Waals surface area contributed by atoms with Crippen molar-refractivity contribution in [2.75, 3.05) is 37.0 Å². The van der Waals surface area contributed by atoms with Gasteiger partial charge in [0.15, 0.2) is 0 Å². The highest BCUT2D eigenvalue weighted by Crippen LogP contribution is 2.41. The summed E-state index contributed by atoms with van der Waals surface area (Å²) in [6, 6.07) is 11.3. The van der Waals surface area contributed by atoms with E-state index in [2.05, 4.69) is 32.0 Å². The van der Waals surface area contributed by atoms with Gasteiger partial charge in [-0.15, -0.1) is 10.2 Å². The van der Waals surface area contributed by atoms with Gasteiger partial charge in [-0.1, -0.05) is 11.6 Å². The van der Waals surface area contributed by atoms with Crippen molar-refractivity contribution in [2.45, 2.75) is 58.2 Å². The van der Waals surface area contributed by atoms with E-state index in [1.807, 2.05) is 7.05 Å². The molecule has 0 spiro atoms. The van der Waals surface area contributed by atoms with Gasteiger partial charge in [0.25, 0.3) is 5.89 Å². The Labute approximate surface area is 297 Å². The summed E-state index contributed by atoms with van der Waals surface area (Å²) in [5, 5.41) is 7.95. The molecule has 1 amide bonds. The molecular weight excluding hydrogens is 687 g/mol. The average Bonchev–Trinajstić information content (AvgIpc) is 3.73. The maximum atomic E-state index is 16.5. The van der Waals surface area contributed by atoms with Gasteiger partial charge < -0.3 is 23.9 Å². The molecule has 6 rings (SSSR count). The number of likely N-dealkylation sites (tertiary alicyclic amines) is 1. The maximum Gasteiger partial charge on any atom is 0.419 e. The molecule has 0 aliphatic carbocycles. The molecule has 0 atom stereocenters. The second kappa shape index (κ2) is 14.3. The molecule has 2 aromatic carbocycles. The third-order valence-electron chi connectivity index (χ3n) is 8.79. The van der Waals surface area contributed by atoms with Crippen molar-refractivity contribution in [2.24, 2.45) is 0 Å². The number of pyridine rings is 1. The fourth-order valence-electron chi connectivity index (χ4n) is 6.17. The van der Waals surface area contributed by atoms with Crippen LogP contribution < -0.4 is 9.80 Å². The minimum Gasteiger partial charge on any atom is -0.443 e. The molecule has 1 aliphatic rings. The summed E-state index contributed by atoms with van der Waals surface area (Å²) in [6.07, 6.45) is 1.69. The number of aromatic nitrogens is 4. The monoisotopic (exact) mass is 723 g/mol. The topological polar surface area (TPSA) is 110 Å². The van der Waals surface area contributed by atoms with Crippen LogP contribution in [0.15, 0.2) is 59.3 Å². The van der Waals surface area contributed by atoms with E-state index < -0.39 is 29.8 Å². The Morgan fingerprint density at radius 3 is 2.47 bits per heavy atom. The maximum absolute atomic E-state index is 16.5. The average molecular weight is 724 g/mol. The first-order valence-electron chi connectivity index (χ1n) is 16.3. The minimum absolute atomic E-state index is 0.0313. The molecule has 11 nitrogen and oxygen atoms in total. The van der Waals surface area contributed by atoms with E-state index in [1.165, 1.54) is 21.7 Å². The molecule has 0 unspecified atom stereocenters. The van der Waals surface area contributed by atoms with Crippen molar-refractivity contribution in [3.63, 3.8) is 0 Å². The number of ether oxygens (including phenoxy) is 1. The number of anilines is 2. The predicted molar refractivity (Wildman–Crippen MR) is 188 cm³/mol. The smallest absolute Gasteiger partial charge is 0.419 e. The number of nitrogens with zero attached hydrogens (tertiary/aromatic N) is 7. The second-order valence-corrected chi connectivity index (χ2v) is 14.0. The van der Waals surface area contributed by atoms with Gasteiger partial charge in [-0.05, 0) is 90.1 Å². The Hall–Kier alpha value is -4.95. The van der Waals surface area contributed by atoms with Crippen molar-refractivity contribution in [3.05, 3.63) is 77.3 Å².